The number of cyclic esters (lactones) is 1. The standard InChI is InChI=1S/C36H54O6S2/c1-32(2,3)22-15-20(16-23(27(22)37)33(4,5)6)43-36(13,14)44-21-17-24(34(7,8)9)30(25(18-21)35(10,11)12)41-19-26-28(38)29(39)31(40)42-26/h15-18,26,28-29,37-39H,19H2,1-14H3/t26-,28-,29-/m1/s1. The fourth-order valence-electron chi connectivity index (χ4n) is 5.26. The molecule has 1 heterocycles. The average molecular weight is 647 g/mol. The van der Waals surface area contributed by atoms with Crippen molar-refractivity contribution in [2.24, 2.45) is 0 Å². The van der Waals surface area contributed by atoms with Gasteiger partial charge in [0.1, 0.15) is 24.2 Å². The molecular weight excluding hydrogens is 593 g/mol. The molecule has 0 aliphatic carbocycles. The van der Waals surface area contributed by atoms with Crippen molar-refractivity contribution in [3.05, 3.63) is 46.5 Å². The number of carbonyl (C=O) groups is 1. The summed E-state index contributed by atoms with van der Waals surface area (Å²) < 4.78 is 11.3. The Balaban J connectivity index is 2.04. The molecule has 1 saturated heterocycles. The highest BCUT2D eigenvalue weighted by molar-refractivity contribution is 8.18. The summed E-state index contributed by atoms with van der Waals surface area (Å²) in [7, 11) is 0. The van der Waals surface area contributed by atoms with E-state index in [2.05, 4.69) is 121 Å². The van der Waals surface area contributed by atoms with Crippen molar-refractivity contribution >= 4 is 29.5 Å². The quantitative estimate of drug-likeness (QED) is 0.157. The number of carbonyl (C=O) groups excluding carboxylic acids is 1. The molecule has 3 rings (SSSR count). The third-order valence-corrected chi connectivity index (χ3v) is 10.1. The van der Waals surface area contributed by atoms with Crippen molar-refractivity contribution in [1.29, 1.82) is 0 Å². The summed E-state index contributed by atoms with van der Waals surface area (Å²) in [5.41, 5.74) is 2.98. The van der Waals surface area contributed by atoms with E-state index in [9.17, 15) is 20.1 Å². The van der Waals surface area contributed by atoms with Crippen molar-refractivity contribution in [1.82, 2.24) is 0 Å². The van der Waals surface area contributed by atoms with Crippen LogP contribution in [-0.2, 0) is 31.2 Å². The van der Waals surface area contributed by atoms with Crippen LogP contribution in [0, 0.1) is 0 Å². The molecule has 8 heteroatoms. The largest absolute Gasteiger partial charge is 0.507 e. The Hall–Kier alpha value is -1.87. The van der Waals surface area contributed by atoms with Gasteiger partial charge in [-0.05, 0) is 59.8 Å². The second kappa shape index (κ2) is 12.4. The summed E-state index contributed by atoms with van der Waals surface area (Å²) in [6, 6.07) is 8.64. The molecule has 3 N–H and O–H groups in total. The Morgan fingerprint density at radius 3 is 1.36 bits per heavy atom. The van der Waals surface area contributed by atoms with Gasteiger partial charge in [0.25, 0.3) is 0 Å². The summed E-state index contributed by atoms with van der Waals surface area (Å²) in [4.78, 5) is 14.0. The number of hydrogen-bond acceptors (Lipinski definition) is 8. The molecule has 0 bridgehead atoms. The SMILES string of the molecule is CC(C)(Sc1cc(C(C)(C)C)c(O)c(C(C)(C)C)c1)Sc1cc(C(C)(C)C)c(OC[C@H]2OC(=O)[C@H](O)[C@@H]2O)c(C(C)(C)C)c1. The number of phenols is 1. The van der Waals surface area contributed by atoms with Gasteiger partial charge in [0.2, 0.25) is 0 Å². The molecule has 1 aliphatic rings. The van der Waals surface area contributed by atoms with Gasteiger partial charge in [-0.1, -0.05) is 83.1 Å². The van der Waals surface area contributed by atoms with Crippen LogP contribution < -0.4 is 4.74 Å². The number of ether oxygens (including phenoxy) is 2. The van der Waals surface area contributed by atoms with Crippen LogP contribution in [-0.4, -0.2) is 50.3 Å². The molecule has 0 radical (unpaired) electrons. The minimum Gasteiger partial charge on any atom is -0.507 e. The fourth-order valence-corrected chi connectivity index (χ4v) is 7.85. The molecular formula is C36H54O6S2. The predicted octanol–water partition coefficient (Wildman–Crippen LogP) is 8.23. The molecule has 2 aromatic rings. The van der Waals surface area contributed by atoms with E-state index in [1.807, 2.05) is 0 Å². The van der Waals surface area contributed by atoms with Crippen LogP contribution in [0.5, 0.6) is 11.5 Å². The summed E-state index contributed by atoms with van der Waals surface area (Å²) in [6.45, 7) is 30.0. The fraction of sp³-hybridized carbons (Fsp3) is 0.639. The van der Waals surface area contributed by atoms with Crippen molar-refractivity contribution in [3.63, 3.8) is 0 Å². The Bertz CT molecular complexity index is 1300. The lowest BCUT2D eigenvalue weighted by Crippen LogP contribution is -2.35. The number of esters is 1. The van der Waals surface area contributed by atoms with Gasteiger partial charge in [0.15, 0.2) is 12.2 Å². The molecule has 3 atom stereocenters. The van der Waals surface area contributed by atoms with E-state index in [-0.39, 0.29) is 32.3 Å². The molecule has 0 aromatic heterocycles. The van der Waals surface area contributed by atoms with E-state index in [1.165, 1.54) is 0 Å². The van der Waals surface area contributed by atoms with Crippen LogP contribution in [0.1, 0.15) is 119 Å². The Labute approximate surface area is 273 Å². The highest BCUT2D eigenvalue weighted by atomic mass is 32.2. The number of hydrogen-bond donors (Lipinski definition) is 3. The van der Waals surface area contributed by atoms with Crippen LogP contribution >= 0.6 is 23.5 Å². The highest BCUT2D eigenvalue weighted by Gasteiger charge is 2.43. The number of aliphatic hydroxyl groups excluding tert-OH is 2. The van der Waals surface area contributed by atoms with Crippen LogP contribution in [0.4, 0.5) is 0 Å². The zero-order valence-electron chi connectivity index (χ0n) is 29.1. The smallest absolute Gasteiger partial charge is 0.338 e. The van der Waals surface area contributed by atoms with Gasteiger partial charge in [0, 0.05) is 32.0 Å². The number of rotatable bonds is 7. The van der Waals surface area contributed by atoms with Gasteiger partial charge in [-0.25, -0.2) is 4.79 Å². The monoisotopic (exact) mass is 646 g/mol. The number of aliphatic hydroxyl groups is 2. The second-order valence-corrected chi connectivity index (χ2v) is 20.2. The van der Waals surface area contributed by atoms with E-state index in [0.29, 0.717) is 11.5 Å². The maximum atomic E-state index is 11.8. The lowest BCUT2D eigenvalue weighted by molar-refractivity contribution is -0.148. The first-order valence-corrected chi connectivity index (χ1v) is 17.0. The number of benzene rings is 2. The summed E-state index contributed by atoms with van der Waals surface area (Å²) >= 11 is 3.58. The molecule has 246 valence electrons. The normalized spacial score (nSPS) is 20.2. The molecule has 6 nitrogen and oxygen atoms in total. The zero-order chi connectivity index (χ0) is 33.8. The molecule has 0 unspecified atom stereocenters. The number of aromatic hydroxyl groups is 1. The first-order chi connectivity index (χ1) is 19.7. The number of phenolic OH excluding ortho intramolecular Hbond substituents is 1. The van der Waals surface area contributed by atoms with E-state index in [0.717, 1.165) is 32.0 Å². The van der Waals surface area contributed by atoms with Crippen molar-refractivity contribution in [3.8, 4) is 11.5 Å². The van der Waals surface area contributed by atoms with Crippen LogP contribution in [0.3, 0.4) is 0 Å². The minimum absolute atomic E-state index is 0.0585. The number of thioether (sulfide) groups is 2. The Morgan fingerprint density at radius 2 is 1.05 bits per heavy atom. The highest BCUT2D eigenvalue weighted by Crippen LogP contribution is 2.51. The first kappa shape index (κ1) is 36.6. The van der Waals surface area contributed by atoms with E-state index in [1.54, 1.807) is 23.5 Å². The molecule has 1 aliphatic heterocycles. The van der Waals surface area contributed by atoms with Gasteiger partial charge in [-0.15, -0.1) is 23.5 Å². The molecule has 44 heavy (non-hydrogen) atoms. The van der Waals surface area contributed by atoms with Gasteiger partial charge in [-0.3, -0.25) is 0 Å². The zero-order valence-corrected chi connectivity index (χ0v) is 30.8. The Kier molecular flexibility index (Phi) is 10.3. The van der Waals surface area contributed by atoms with Gasteiger partial charge >= 0.3 is 5.97 Å². The average Bonchev–Trinajstić information content (AvgIpc) is 3.07. The molecule has 0 saturated carbocycles. The molecule has 0 amide bonds. The van der Waals surface area contributed by atoms with Crippen LogP contribution in [0.15, 0.2) is 34.1 Å². The molecule has 2 aromatic carbocycles. The maximum Gasteiger partial charge on any atom is 0.338 e. The van der Waals surface area contributed by atoms with Crippen LogP contribution in [0.2, 0.25) is 0 Å². The van der Waals surface area contributed by atoms with Crippen LogP contribution in [0.25, 0.3) is 0 Å². The minimum atomic E-state index is -1.56. The van der Waals surface area contributed by atoms with Gasteiger partial charge < -0.3 is 24.8 Å². The van der Waals surface area contributed by atoms with E-state index < -0.39 is 24.3 Å². The lowest BCUT2D eigenvalue weighted by Gasteiger charge is -2.33. The predicted molar refractivity (Wildman–Crippen MR) is 183 cm³/mol. The van der Waals surface area contributed by atoms with E-state index >= 15 is 0 Å². The van der Waals surface area contributed by atoms with Gasteiger partial charge in [0.05, 0.1) is 4.08 Å². The Morgan fingerprint density at radius 1 is 0.682 bits per heavy atom. The molecule has 0 spiro atoms. The lowest BCUT2D eigenvalue weighted by atomic mass is 9.79. The van der Waals surface area contributed by atoms with Crippen molar-refractivity contribution < 1.29 is 29.6 Å². The summed E-state index contributed by atoms with van der Waals surface area (Å²) in [5.74, 6) is 0.268. The van der Waals surface area contributed by atoms with E-state index in [4.69, 9.17) is 9.47 Å². The third-order valence-electron chi connectivity index (χ3n) is 7.71. The van der Waals surface area contributed by atoms with Crippen molar-refractivity contribution in [2.75, 3.05) is 6.61 Å². The summed E-state index contributed by atoms with van der Waals surface area (Å²) in [5, 5.41) is 31.4. The summed E-state index contributed by atoms with van der Waals surface area (Å²) in [6.07, 6.45) is -3.83. The molecule has 1 fully saturated rings. The first-order valence-electron chi connectivity index (χ1n) is 15.4. The topological polar surface area (TPSA) is 96.2 Å². The van der Waals surface area contributed by atoms with Crippen molar-refractivity contribution in [2.45, 2.75) is 151 Å². The second-order valence-electron chi connectivity index (χ2n) is 16.5. The maximum absolute atomic E-state index is 11.8. The third kappa shape index (κ3) is 8.48. The van der Waals surface area contributed by atoms with Gasteiger partial charge in [-0.2, -0.15) is 0 Å².